The van der Waals surface area contributed by atoms with Gasteiger partial charge in [-0.25, -0.2) is 4.98 Å². The molecular formula is C49H31N3. The van der Waals surface area contributed by atoms with E-state index in [-0.39, 0.29) is 0 Å². The molecule has 8 aromatic carbocycles. The zero-order valence-corrected chi connectivity index (χ0v) is 28.2. The molecule has 0 fully saturated rings. The quantitative estimate of drug-likeness (QED) is 0.184. The number of pyridine rings is 1. The van der Waals surface area contributed by atoms with E-state index < -0.39 is 0 Å². The van der Waals surface area contributed by atoms with Crippen LogP contribution in [0.5, 0.6) is 0 Å². The van der Waals surface area contributed by atoms with Crippen molar-refractivity contribution in [2.24, 2.45) is 0 Å². The van der Waals surface area contributed by atoms with Gasteiger partial charge in [0.1, 0.15) is 0 Å². The predicted octanol–water partition coefficient (Wildman–Crippen LogP) is 12.9. The van der Waals surface area contributed by atoms with Crippen molar-refractivity contribution in [3.05, 3.63) is 188 Å². The van der Waals surface area contributed by atoms with E-state index in [0.29, 0.717) is 0 Å². The highest BCUT2D eigenvalue weighted by Gasteiger charge is 2.21. The summed E-state index contributed by atoms with van der Waals surface area (Å²) in [6, 6.07) is 67.9. The fourth-order valence-electron chi connectivity index (χ4n) is 8.27. The van der Waals surface area contributed by atoms with E-state index in [9.17, 15) is 0 Å². The van der Waals surface area contributed by atoms with E-state index in [1.165, 1.54) is 54.1 Å². The Morgan fingerprint density at radius 2 is 0.865 bits per heavy atom. The average molecular weight is 662 g/mol. The summed E-state index contributed by atoms with van der Waals surface area (Å²) in [6.07, 6.45) is 0. The summed E-state index contributed by atoms with van der Waals surface area (Å²) in [5.74, 6) is 0. The van der Waals surface area contributed by atoms with Gasteiger partial charge in [-0.15, -0.1) is 0 Å². The Balaban J connectivity index is 1.25. The van der Waals surface area contributed by atoms with E-state index in [0.717, 1.165) is 44.9 Å². The molecule has 11 rings (SSSR count). The molecule has 0 N–H and O–H groups in total. The van der Waals surface area contributed by atoms with E-state index in [1.807, 2.05) is 0 Å². The van der Waals surface area contributed by atoms with Gasteiger partial charge >= 0.3 is 0 Å². The molecule has 0 bridgehead atoms. The third-order valence-corrected chi connectivity index (χ3v) is 10.6. The van der Waals surface area contributed by atoms with Crippen LogP contribution in [0.3, 0.4) is 0 Å². The van der Waals surface area contributed by atoms with Crippen LogP contribution in [0.2, 0.25) is 0 Å². The molecule has 242 valence electrons. The molecule has 3 heteroatoms. The summed E-state index contributed by atoms with van der Waals surface area (Å²) in [7, 11) is 0. The molecule has 0 aliphatic heterocycles. The second-order valence-electron chi connectivity index (χ2n) is 13.6. The third kappa shape index (κ3) is 4.36. The van der Waals surface area contributed by atoms with Gasteiger partial charge in [0.15, 0.2) is 0 Å². The summed E-state index contributed by atoms with van der Waals surface area (Å²) in [5, 5.41) is 9.80. The first-order chi connectivity index (χ1) is 25.8. The Bertz CT molecular complexity index is 3090. The summed E-state index contributed by atoms with van der Waals surface area (Å²) in [5.41, 5.74) is 11.0. The minimum Gasteiger partial charge on any atom is -0.309 e. The fraction of sp³-hybridized carbons (Fsp3) is 0. The molecule has 0 aliphatic carbocycles. The lowest BCUT2D eigenvalue weighted by atomic mass is 10.0. The van der Waals surface area contributed by atoms with Crippen LogP contribution in [0.25, 0.3) is 99.0 Å². The normalized spacial score (nSPS) is 11.8. The maximum atomic E-state index is 5.37. The van der Waals surface area contributed by atoms with Crippen molar-refractivity contribution in [1.82, 2.24) is 14.1 Å². The van der Waals surface area contributed by atoms with Crippen molar-refractivity contribution in [3.8, 4) is 33.9 Å². The van der Waals surface area contributed by atoms with Crippen LogP contribution in [0.1, 0.15) is 0 Å². The van der Waals surface area contributed by atoms with Gasteiger partial charge < -0.3 is 9.13 Å². The molecule has 0 aliphatic rings. The standard InChI is InChI=1S/C49H31N3/c1-2-16-38(17-3-1)52-45-20-10-8-18-40(45)41-26-27-47-48(49(41)52)42-19-9-11-21-46(42)51(47)39-30-43(36-24-22-32-12-4-6-14-34(32)28-36)50-44(31-39)37-25-23-33-13-5-7-15-35(33)29-37/h1-31H. The first-order valence-electron chi connectivity index (χ1n) is 17.8. The minimum absolute atomic E-state index is 0.942. The molecule has 0 spiro atoms. The first-order valence-corrected chi connectivity index (χ1v) is 17.8. The zero-order valence-electron chi connectivity index (χ0n) is 28.2. The fourth-order valence-corrected chi connectivity index (χ4v) is 8.27. The Morgan fingerprint density at radius 1 is 0.327 bits per heavy atom. The van der Waals surface area contributed by atoms with Gasteiger partial charge in [-0.05, 0) is 76.1 Å². The molecule has 0 unspecified atom stereocenters. The van der Waals surface area contributed by atoms with E-state index in [1.54, 1.807) is 0 Å². The maximum Gasteiger partial charge on any atom is 0.0730 e. The van der Waals surface area contributed by atoms with Crippen LogP contribution < -0.4 is 0 Å². The molecule has 0 radical (unpaired) electrons. The number of hydrogen-bond donors (Lipinski definition) is 0. The molecule has 0 saturated carbocycles. The van der Waals surface area contributed by atoms with Crippen LogP contribution in [0, 0.1) is 0 Å². The topological polar surface area (TPSA) is 22.8 Å². The third-order valence-electron chi connectivity index (χ3n) is 10.6. The number of benzene rings is 8. The lowest BCUT2D eigenvalue weighted by Crippen LogP contribution is -1.98. The largest absolute Gasteiger partial charge is 0.309 e. The van der Waals surface area contributed by atoms with Gasteiger partial charge in [0, 0.05) is 38.4 Å². The molecule has 0 atom stereocenters. The van der Waals surface area contributed by atoms with Gasteiger partial charge in [0.05, 0.1) is 39.1 Å². The van der Waals surface area contributed by atoms with Crippen molar-refractivity contribution in [2.75, 3.05) is 0 Å². The van der Waals surface area contributed by atoms with Crippen LogP contribution in [0.4, 0.5) is 0 Å². The first kappa shape index (κ1) is 28.8. The number of nitrogens with zero attached hydrogens (tertiary/aromatic N) is 3. The molecular weight excluding hydrogens is 631 g/mol. The second-order valence-corrected chi connectivity index (χ2v) is 13.6. The van der Waals surface area contributed by atoms with Gasteiger partial charge in [-0.2, -0.15) is 0 Å². The molecule has 0 amide bonds. The van der Waals surface area contributed by atoms with Gasteiger partial charge in [-0.1, -0.05) is 133 Å². The Kier molecular flexibility index (Phi) is 6.25. The summed E-state index contributed by atoms with van der Waals surface area (Å²) >= 11 is 0. The summed E-state index contributed by atoms with van der Waals surface area (Å²) in [4.78, 5) is 5.37. The lowest BCUT2D eigenvalue weighted by molar-refractivity contribution is 1.16. The zero-order chi connectivity index (χ0) is 34.2. The Morgan fingerprint density at radius 3 is 1.52 bits per heavy atom. The van der Waals surface area contributed by atoms with E-state index >= 15 is 0 Å². The molecule has 0 saturated heterocycles. The highest BCUT2D eigenvalue weighted by molar-refractivity contribution is 6.26. The minimum atomic E-state index is 0.942. The maximum absolute atomic E-state index is 5.37. The smallest absolute Gasteiger partial charge is 0.0730 e. The Hall–Kier alpha value is -6.97. The van der Waals surface area contributed by atoms with Gasteiger partial charge in [0.25, 0.3) is 0 Å². The van der Waals surface area contributed by atoms with Crippen LogP contribution in [-0.2, 0) is 0 Å². The van der Waals surface area contributed by atoms with Crippen molar-refractivity contribution in [1.29, 1.82) is 0 Å². The Labute approximate surface area is 300 Å². The van der Waals surface area contributed by atoms with Gasteiger partial charge in [0.2, 0.25) is 0 Å². The SMILES string of the molecule is c1ccc(-n2c3ccccc3c3ccc4c(c5ccccc5n4-c4cc(-c5ccc6ccccc6c5)nc(-c5ccc6ccccc6c5)c4)c32)cc1. The number of hydrogen-bond acceptors (Lipinski definition) is 1. The van der Waals surface area contributed by atoms with E-state index in [4.69, 9.17) is 4.98 Å². The van der Waals surface area contributed by atoms with Crippen LogP contribution in [-0.4, -0.2) is 14.1 Å². The summed E-state index contributed by atoms with van der Waals surface area (Å²) in [6.45, 7) is 0. The monoisotopic (exact) mass is 661 g/mol. The number of para-hydroxylation sites is 3. The van der Waals surface area contributed by atoms with E-state index in [2.05, 4.69) is 197 Å². The van der Waals surface area contributed by atoms with Crippen molar-refractivity contribution in [2.45, 2.75) is 0 Å². The summed E-state index contributed by atoms with van der Waals surface area (Å²) < 4.78 is 4.88. The molecule has 3 nitrogen and oxygen atoms in total. The van der Waals surface area contributed by atoms with Crippen LogP contribution in [0.15, 0.2) is 188 Å². The molecule has 3 heterocycles. The van der Waals surface area contributed by atoms with Crippen molar-refractivity contribution >= 4 is 65.2 Å². The van der Waals surface area contributed by atoms with Gasteiger partial charge in [-0.3, -0.25) is 0 Å². The predicted molar refractivity (Wildman–Crippen MR) is 219 cm³/mol. The van der Waals surface area contributed by atoms with Crippen molar-refractivity contribution < 1.29 is 0 Å². The number of aromatic nitrogens is 3. The molecule has 3 aromatic heterocycles. The van der Waals surface area contributed by atoms with Crippen LogP contribution >= 0.6 is 0 Å². The second kappa shape index (κ2) is 11.3. The number of fused-ring (bicyclic) bond motifs is 9. The molecule has 52 heavy (non-hydrogen) atoms. The number of rotatable bonds is 4. The average Bonchev–Trinajstić information content (AvgIpc) is 3.74. The highest BCUT2D eigenvalue weighted by atomic mass is 15.0. The van der Waals surface area contributed by atoms with Crippen molar-refractivity contribution in [3.63, 3.8) is 0 Å². The highest BCUT2D eigenvalue weighted by Crippen LogP contribution is 2.42. The molecule has 11 aromatic rings. The lowest BCUT2D eigenvalue weighted by Gasteiger charge is -2.14.